The standard InChI is InChI=1S/C13H11FN2OS3/c1-17-10-5-11-9(4-8(10)14)16-12(20-11)7(6-15)13(18-2)19-3/h4-5H,1-3H3. The van der Waals surface area contributed by atoms with E-state index in [0.717, 1.165) is 8.94 Å². The molecule has 0 amide bonds. The first-order chi connectivity index (χ1) is 9.64. The number of fused-ring (bicyclic) bond motifs is 1. The number of methoxy groups -OCH3 is 1. The average molecular weight is 326 g/mol. The largest absolute Gasteiger partial charge is 0.494 e. The van der Waals surface area contributed by atoms with Crippen molar-refractivity contribution >= 4 is 50.7 Å². The molecule has 0 unspecified atom stereocenters. The lowest BCUT2D eigenvalue weighted by Crippen LogP contribution is -1.87. The molecule has 0 aliphatic heterocycles. The Bertz CT molecular complexity index is 712. The molecule has 1 aromatic heterocycles. The van der Waals surface area contributed by atoms with E-state index in [4.69, 9.17) is 4.74 Å². The Morgan fingerprint density at radius 1 is 1.40 bits per heavy atom. The van der Waals surface area contributed by atoms with Gasteiger partial charge in [0.05, 0.1) is 21.6 Å². The number of aromatic nitrogens is 1. The van der Waals surface area contributed by atoms with Crippen LogP contribution in [-0.4, -0.2) is 24.6 Å². The fourth-order valence-corrected chi connectivity index (χ4v) is 4.13. The van der Waals surface area contributed by atoms with Crippen molar-refractivity contribution in [3.63, 3.8) is 0 Å². The lowest BCUT2D eigenvalue weighted by molar-refractivity contribution is 0.387. The maximum atomic E-state index is 13.7. The molecule has 3 nitrogen and oxygen atoms in total. The van der Waals surface area contributed by atoms with Crippen molar-refractivity contribution in [2.75, 3.05) is 19.6 Å². The molecule has 0 spiro atoms. The number of nitrogens with zero attached hydrogens (tertiary/aromatic N) is 2. The van der Waals surface area contributed by atoms with Gasteiger partial charge < -0.3 is 4.74 Å². The summed E-state index contributed by atoms with van der Waals surface area (Å²) in [5.74, 6) is -0.264. The molecule has 0 aliphatic rings. The van der Waals surface area contributed by atoms with Crippen molar-refractivity contribution in [3.05, 3.63) is 27.2 Å². The third-order valence-corrected chi connectivity index (χ3v) is 5.75. The number of hydrogen-bond acceptors (Lipinski definition) is 6. The normalized spacial score (nSPS) is 10.3. The number of hydrogen-bond donors (Lipinski definition) is 0. The Balaban J connectivity index is 2.62. The van der Waals surface area contributed by atoms with Crippen LogP contribution in [0.3, 0.4) is 0 Å². The summed E-state index contributed by atoms with van der Waals surface area (Å²) >= 11 is 4.37. The van der Waals surface area contributed by atoms with Gasteiger partial charge in [-0.3, -0.25) is 0 Å². The molecule has 1 aromatic carbocycles. The van der Waals surface area contributed by atoms with Gasteiger partial charge >= 0.3 is 0 Å². The minimum absolute atomic E-state index is 0.185. The lowest BCUT2D eigenvalue weighted by Gasteiger charge is -2.00. The van der Waals surface area contributed by atoms with Crippen molar-refractivity contribution < 1.29 is 9.13 Å². The van der Waals surface area contributed by atoms with Gasteiger partial charge in [-0.2, -0.15) is 5.26 Å². The summed E-state index contributed by atoms with van der Waals surface area (Å²) in [5, 5.41) is 9.93. The number of halogens is 1. The van der Waals surface area contributed by atoms with Crippen molar-refractivity contribution in [3.8, 4) is 11.8 Å². The zero-order valence-electron chi connectivity index (χ0n) is 11.1. The Kier molecular flexibility index (Phi) is 4.91. The molecule has 0 fully saturated rings. The SMILES string of the molecule is COc1cc2sc(C(C#N)=C(SC)SC)nc2cc1F. The van der Waals surface area contributed by atoms with E-state index in [2.05, 4.69) is 11.1 Å². The molecule has 2 rings (SSSR count). The summed E-state index contributed by atoms with van der Waals surface area (Å²) in [6.07, 6.45) is 3.83. The van der Waals surface area contributed by atoms with Gasteiger partial charge in [0.25, 0.3) is 0 Å². The van der Waals surface area contributed by atoms with Crippen LogP contribution in [0.5, 0.6) is 5.75 Å². The zero-order valence-corrected chi connectivity index (χ0v) is 13.5. The van der Waals surface area contributed by atoms with Gasteiger partial charge in [0.2, 0.25) is 0 Å². The van der Waals surface area contributed by atoms with Gasteiger partial charge in [-0.05, 0) is 12.5 Å². The van der Waals surface area contributed by atoms with Gasteiger partial charge in [0.15, 0.2) is 11.6 Å². The molecule has 0 atom stereocenters. The van der Waals surface area contributed by atoms with Crippen molar-refractivity contribution in [2.24, 2.45) is 0 Å². The Morgan fingerprint density at radius 2 is 2.10 bits per heavy atom. The predicted molar refractivity (Wildman–Crippen MR) is 85.7 cm³/mol. The number of ether oxygens (including phenoxy) is 1. The second-order valence-electron chi connectivity index (χ2n) is 3.66. The number of allylic oxidation sites excluding steroid dienone is 1. The highest BCUT2D eigenvalue weighted by Gasteiger charge is 2.15. The molecule has 104 valence electrons. The van der Waals surface area contributed by atoms with Crippen molar-refractivity contribution in [1.29, 1.82) is 5.26 Å². The van der Waals surface area contributed by atoms with E-state index in [9.17, 15) is 9.65 Å². The highest BCUT2D eigenvalue weighted by molar-refractivity contribution is 8.22. The van der Waals surface area contributed by atoms with E-state index >= 15 is 0 Å². The molecule has 0 bridgehead atoms. The van der Waals surface area contributed by atoms with Crippen LogP contribution >= 0.6 is 34.9 Å². The average Bonchev–Trinajstić information content (AvgIpc) is 2.85. The number of nitriles is 1. The monoisotopic (exact) mass is 326 g/mol. The van der Waals surface area contributed by atoms with Gasteiger partial charge in [-0.15, -0.1) is 34.9 Å². The zero-order chi connectivity index (χ0) is 14.7. The van der Waals surface area contributed by atoms with Crippen LogP contribution in [0.2, 0.25) is 0 Å². The highest BCUT2D eigenvalue weighted by atomic mass is 32.2. The van der Waals surface area contributed by atoms with Crippen LogP contribution in [0, 0.1) is 17.1 Å². The third-order valence-electron chi connectivity index (χ3n) is 2.56. The molecule has 20 heavy (non-hydrogen) atoms. The van der Waals surface area contributed by atoms with E-state index in [1.807, 2.05) is 12.5 Å². The molecular weight excluding hydrogens is 315 g/mol. The van der Waals surface area contributed by atoms with Gasteiger partial charge in [-0.1, -0.05) is 0 Å². The highest BCUT2D eigenvalue weighted by Crippen LogP contribution is 2.37. The quantitative estimate of drug-likeness (QED) is 0.781. The van der Waals surface area contributed by atoms with Crippen molar-refractivity contribution in [1.82, 2.24) is 4.98 Å². The Labute approximate surface area is 128 Å². The molecule has 1 heterocycles. The van der Waals surface area contributed by atoms with Crippen LogP contribution in [0.15, 0.2) is 16.4 Å². The maximum absolute atomic E-state index is 13.7. The topological polar surface area (TPSA) is 45.9 Å². The minimum atomic E-state index is -0.450. The smallest absolute Gasteiger partial charge is 0.167 e. The third kappa shape index (κ3) is 2.77. The van der Waals surface area contributed by atoms with Crippen LogP contribution in [0.1, 0.15) is 5.01 Å². The fourth-order valence-electron chi connectivity index (χ4n) is 1.66. The first kappa shape index (κ1) is 15.2. The molecule has 2 aromatic rings. The molecule has 0 saturated heterocycles. The van der Waals surface area contributed by atoms with Gasteiger partial charge in [-0.25, -0.2) is 9.37 Å². The summed E-state index contributed by atoms with van der Waals surface area (Å²) in [6.45, 7) is 0. The molecule has 0 radical (unpaired) electrons. The van der Waals surface area contributed by atoms with Crippen LogP contribution < -0.4 is 4.74 Å². The van der Waals surface area contributed by atoms with Crippen LogP contribution in [0.25, 0.3) is 15.8 Å². The summed E-state index contributed by atoms with van der Waals surface area (Å²) in [5.41, 5.74) is 1.07. The minimum Gasteiger partial charge on any atom is -0.494 e. The predicted octanol–water partition coefficient (Wildman–Crippen LogP) is 4.36. The second kappa shape index (κ2) is 6.48. The Morgan fingerprint density at radius 3 is 2.65 bits per heavy atom. The van der Waals surface area contributed by atoms with Crippen LogP contribution in [-0.2, 0) is 0 Å². The van der Waals surface area contributed by atoms with E-state index < -0.39 is 5.82 Å². The summed E-state index contributed by atoms with van der Waals surface area (Å²) in [6, 6.07) is 5.13. The van der Waals surface area contributed by atoms with Crippen LogP contribution in [0.4, 0.5) is 4.39 Å². The van der Waals surface area contributed by atoms with Gasteiger partial charge in [0.1, 0.15) is 16.6 Å². The summed E-state index contributed by atoms with van der Waals surface area (Å²) in [4.78, 5) is 4.35. The molecule has 0 N–H and O–H groups in total. The molecule has 0 aliphatic carbocycles. The number of thiazole rings is 1. The molecule has 7 heteroatoms. The maximum Gasteiger partial charge on any atom is 0.167 e. The summed E-state index contributed by atoms with van der Waals surface area (Å²) in [7, 11) is 1.42. The summed E-state index contributed by atoms with van der Waals surface area (Å²) < 4.78 is 20.3. The molecular formula is C13H11FN2OS3. The van der Waals surface area contributed by atoms with E-state index in [0.29, 0.717) is 16.1 Å². The number of benzene rings is 1. The molecule has 0 saturated carbocycles. The van der Waals surface area contributed by atoms with E-state index in [-0.39, 0.29) is 5.75 Å². The first-order valence-corrected chi connectivity index (χ1v) is 8.78. The number of thioether (sulfide) groups is 2. The lowest BCUT2D eigenvalue weighted by atomic mass is 10.3. The van der Waals surface area contributed by atoms with Crippen molar-refractivity contribution in [2.45, 2.75) is 0 Å². The van der Waals surface area contributed by atoms with Gasteiger partial charge in [0, 0.05) is 12.1 Å². The first-order valence-electron chi connectivity index (χ1n) is 5.51. The Hall–Kier alpha value is -1.23. The van der Waals surface area contributed by atoms with E-state index in [1.54, 1.807) is 6.07 Å². The fraction of sp³-hybridized carbons (Fsp3) is 0.231. The number of rotatable bonds is 4. The second-order valence-corrected chi connectivity index (χ2v) is 6.58. The van der Waals surface area contributed by atoms with E-state index in [1.165, 1.54) is 48.0 Å².